The van der Waals surface area contributed by atoms with Crippen LogP contribution in [-0.4, -0.2) is 24.8 Å². The lowest BCUT2D eigenvalue weighted by Crippen LogP contribution is -2.31. The standard InChI is InChI=1S/C9H13NO3S/c10-9(7-14(11,12)13)6-8-4-2-1-3-5-8/h1-5,9H,6-7,10H2,(H,11,12,13). The van der Waals surface area contributed by atoms with Gasteiger partial charge in [-0.05, 0) is 12.0 Å². The number of nitrogens with two attached hydrogens (primary N) is 1. The Kier molecular flexibility index (Phi) is 3.62. The topological polar surface area (TPSA) is 80.4 Å². The summed E-state index contributed by atoms with van der Waals surface area (Å²) in [7, 11) is -3.97. The predicted molar refractivity (Wildman–Crippen MR) is 54.5 cm³/mol. The van der Waals surface area contributed by atoms with Crippen molar-refractivity contribution in [1.82, 2.24) is 0 Å². The molecule has 1 unspecified atom stereocenters. The van der Waals surface area contributed by atoms with E-state index in [-0.39, 0.29) is 0 Å². The molecule has 0 saturated carbocycles. The summed E-state index contributed by atoms with van der Waals surface area (Å²) < 4.78 is 29.6. The third-order valence-corrected chi connectivity index (χ3v) is 2.61. The van der Waals surface area contributed by atoms with Gasteiger partial charge in [0, 0.05) is 6.04 Å². The van der Waals surface area contributed by atoms with Gasteiger partial charge in [-0.1, -0.05) is 30.3 Å². The summed E-state index contributed by atoms with van der Waals surface area (Å²) >= 11 is 0. The molecule has 0 aliphatic carbocycles. The SMILES string of the molecule is NC(Cc1ccccc1)CS(=O)(=O)O. The molecule has 1 rings (SSSR count). The summed E-state index contributed by atoms with van der Waals surface area (Å²) in [5, 5.41) is 0. The van der Waals surface area contributed by atoms with Crippen molar-refractivity contribution in [1.29, 1.82) is 0 Å². The first-order chi connectivity index (χ1) is 6.47. The third-order valence-electron chi connectivity index (χ3n) is 1.77. The van der Waals surface area contributed by atoms with E-state index in [0.717, 1.165) is 5.56 Å². The van der Waals surface area contributed by atoms with Crippen molar-refractivity contribution >= 4 is 10.1 Å². The van der Waals surface area contributed by atoms with E-state index in [9.17, 15) is 8.42 Å². The summed E-state index contributed by atoms with van der Waals surface area (Å²) in [6, 6.07) is 8.75. The van der Waals surface area contributed by atoms with E-state index in [1.165, 1.54) is 0 Å². The molecule has 0 aliphatic heterocycles. The molecule has 0 heterocycles. The largest absolute Gasteiger partial charge is 0.326 e. The molecule has 0 bridgehead atoms. The van der Waals surface area contributed by atoms with Crippen LogP contribution in [0.5, 0.6) is 0 Å². The fourth-order valence-electron chi connectivity index (χ4n) is 1.25. The van der Waals surface area contributed by atoms with Crippen LogP contribution >= 0.6 is 0 Å². The zero-order valence-corrected chi connectivity index (χ0v) is 8.44. The molecule has 1 atom stereocenters. The Morgan fingerprint density at radius 3 is 2.36 bits per heavy atom. The molecule has 4 nitrogen and oxygen atoms in total. The van der Waals surface area contributed by atoms with Gasteiger partial charge in [-0.3, -0.25) is 4.55 Å². The van der Waals surface area contributed by atoms with E-state index >= 15 is 0 Å². The molecular formula is C9H13NO3S. The average molecular weight is 215 g/mol. The van der Waals surface area contributed by atoms with Crippen LogP contribution < -0.4 is 5.73 Å². The average Bonchev–Trinajstić information content (AvgIpc) is 2.02. The van der Waals surface area contributed by atoms with Crippen molar-refractivity contribution in [2.75, 3.05) is 5.75 Å². The first-order valence-electron chi connectivity index (χ1n) is 4.22. The molecule has 0 fully saturated rings. The molecule has 3 N–H and O–H groups in total. The highest BCUT2D eigenvalue weighted by Crippen LogP contribution is 2.02. The number of hydrogen-bond acceptors (Lipinski definition) is 3. The van der Waals surface area contributed by atoms with Crippen molar-refractivity contribution in [3.8, 4) is 0 Å². The second-order valence-corrected chi connectivity index (χ2v) is 4.70. The summed E-state index contributed by atoms with van der Waals surface area (Å²) in [4.78, 5) is 0. The lowest BCUT2D eigenvalue weighted by Gasteiger charge is -2.08. The molecule has 1 aromatic rings. The van der Waals surface area contributed by atoms with E-state index in [1.807, 2.05) is 30.3 Å². The van der Waals surface area contributed by atoms with Crippen LogP contribution in [0.1, 0.15) is 5.56 Å². The van der Waals surface area contributed by atoms with Crippen LogP contribution in [0.4, 0.5) is 0 Å². The van der Waals surface area contributed by atoms with Gasteiger partial charge in [-0.2, -0.15) is 8.42 Å². The summed E-state index contributed by atoms with van der Waals surface area (Å²) in [5.74, 6) is -0.401. The molecule has 1 aromatic carbocycles. The molecule has 0 spiro atoms. The number of benzene rings is 1. The van der Waals surface area contributed by atoms with Crippen molar-refractivity contribution in [2.45, 2.75) is 12.5 Å². The van der Waals surface area contributed by atoms with Gasteiger partial charge in [-0.15, -0.1) is 0 Å². The Morgan fingerprint density at radius 2 is 1.86 bits per heavy atom. The highest BCUT2D eigenvalue weighted by Gasteiger charge is 2.12. The van der Waals surface area contributed by atoms with Crippen molar-refractivity contribution < 1.29 is 13.0 Å². The minimum absolute atomic E-state index is 0.401. The molecule has 0 radical (unpaired) electrons. The van der Waals surface area contributed by atoms with E-state index in [4.69, 9.17) is 10.3 Å². The summed E-state index contributed by atoms with van der Waals surface area (Å²) in [6.07, 6.45) is 0.445. The van der Waals surface area contributed by atoms with Gasteiger partial charge in [0.05, 0.1) is 5.75 Å². The lowest BCUT2D eigenvalue weighted by atomic mass is 10.1. The van der Waals surface area contributed by atoms with E-state index < -0.39 is 21.9 Å². The smallest absolute Gasteiger partial charge is 0.266 e. The molecule has 78 valence electrons. The molecule has 14 heavy (non-hydrogen) atoms. The molecule has 0 aliphatic rings. The maximum absolute atomic E-state index is 10.5. The van der Waals surface area contributed by atoms with Crippen LogP contribution in [0.15, 0.2) is 30.3 Å². The highest BCUT2D eigenvalue weighted by atomic mass is 32.2. The Bertz CT molecular complexity index is 374. The molecule has 5 heteroatoms. The Balaban J connectivity index is 2.54. The van der Waals surface area contributed by atoms with Gasteiger partial charge in [0.2, 0.25) is 0 Å². The maximum atomic E-state index is 10.5. The zero-order valence-electron chi connectivity index (χ0n) is 7.63. The monoisotopic (exact) mass is 215 g/mol. The number of hydrogen-bond donors (Lipinski definition) is 2. The van der Waals surface area contributed by atoms with E-state index in [0.29, 0.717) is 6.42 Å². The van der Waals surface area contributed by atoms with E-state index in [1.54, 1.807) is 0 Å². The first kappa shape index (κ1) is 11.2. The second kappa shape index (κ2) is 4.54. The van der Waals surface area contributed by atoms with E-state index in [2.05, 4.69) is 0 Å². The van der Waals surface area contributed by atoms with Crippen LogP contribution in [-0.2, 0) is 16.5 Å². The predicted octanol–water partition coefficient (Wildman–Crippen LogP) is 0.444. The first-order valence-corrected chi connectivity index (χ1v) is 5.83. The van der Waals surface area contributed by atoms with Crippen LogP contribution in [0, 0.1) is 0 Å². The van der Waals surface area contributed by atoms with Crippen LogP contribution in [0.3, 0.4) is 0 Å². The second-order valence-electron chi connectivity index (χ2n) is 3.20. The lowest BCUT2D eigenvalue weighted by molar-refractivity contribution is 0.476. The van der Waals surface area contributed by atoms with Gasteiger partial charge in [-0.25, -0.2) is 0 Å². The number of rotatable bonds is 4. The summed E-state index contributed by atoms with van der Waals surface area (Å²) in [5.41, 5.74) is 6.51. The van der Waals surface area contributed by atoms with Gasteiger partial charge >= 0.3 is 0 Å². The normalized spacial score (nSPS) is 13.9. The Morgan fingerprint density at radius 1 is 1.29 bits per heavy atom. The van der Waals surface area contributed by atoms with Crippen molar-refractivity contribution in [3.05, 3.63) is 35.9 Å². The Labute approximate surface area is 83.5 Å². The minimum Gasteiger partial charge on any atom is -0.326 e. The van der Waals surface area contributed by atoms with Crippen molar-refractivity contribution in [2.24, 2.45) is 5.73 Å². The van der Waals surface area contributed by atoms with Crippen molar-refractivity contribution in [3.63, 3.8) is 0 Å². The quantitative estimate of drug-likeness (QED) is 0.714. The minimum atomic E-state index is -3.97. The zero-order chi connectivity index (χ0) is 10.6. The third kappa shape index (κ3) is 4.36. The molecular weight excluding hydrogens is 202 g/mol. The molecule has 0 saturated heterocycles. The highest BCUT2D eigenvalue weighted by molar-refractivity contribution is 7.85. The van der Waals surface area contributed by atoms with Gasteiger partial charge in [0.15, 0.2) is 0 Å². The fraction of sp³-hybridized carbons (Fsp3) is 0.333. The fourth-order valence-corrected chi connectivity index (χ4v) is 1.91. The van der Waals surface area contributed by atoms with Gasteiger partial charge in [0.25, 0.3) is 10.1 Å². The maximum Gasteiger partial charge on any atom is 0.266 e. The summed E-state index contributed by atoms with van der Waals surface area (Å²) in [6.45, 7) is 0. The van der Waals surface area contributed by atoms with Gasteiger partial charge < -0.3 is 5.73 Å². The molecule has 0 aromatic heterocycles. The molecule has 0 amide bonds. The van der Waals surface area contributed by atoms with Gasteiger partial charge in [0.1, 0.15) is 0 Å². The van der Waals surface area contributed by atoms with Crippen LogP contribution in [0.2, 0.25) is 0 Å². The van der Waals surface area contributed by atoms with Crippen LogP contribution in [0.25, 0.3) is 0 Å². The Hall–Kier alpha value is -0.910.